The fourth-order valence-corrected chi connectivity index (χ4v) is 1.74. The summed E-state index contributed by atoms with van der Waals surface area (Å²) in [5.74, 6) is -2.20. The molecule has 0 radical (unpaired) electrons. The van der Waals surface area contributed by atoms with Gasteiger partial charge in [0.15, 0.2) is 23.3 Å². The van der Waals surface area contributed by atoms with E-state index < -0.39 is 17.5 Å². The summed E-state index contributed by atoms with van der Waals surface area (Å²) in [6.07, 6.45) is 0. The summed E-state index contributed by atoms with van der Waals surface area (Å²) in [7, 11) is 1.36. The molecular formula is C14H14F3N3O. The fraction of sp³-hybridized carbons (Fsp3) is 0.214. The molecule has 2 N–H and O–H groups in total. The van der Waals surface area contributed by atoms with E-state index in [0.717, 1.165) is 12.1 Å². The molecule has 21 heavy (non-hydrogen) atoms. The van der Waals surface area contributed by atoms with Crippen molar-refractivity contribution >= 4 is 17.3 Å². The SMILES string of the molecule is CCNc1nc(Nc2ccc(F)cc2OC)c(F)cc1F. The molecule has 0 atom stereocenters. The number of benzene rings is 1. The summed E-state index contributed by atoms with van der Waals surface area (Å²) in [5, 5.41) is 5.34. The number of methoxy groups -OCH3 is 1. The zero-order chi connectivity index (χ0) is 15.4. The number of pyridine rings is 1. The molecule has 7 heteroatoms. The van der Waals surface area contributed by atoms with Crippen molar-refractivity contribution in [2.45, 2.75) is 6.92 Å². The Morgan fingerprint density at radius 3 is 2.48 bits per heavy atom. The Bertz CT molecular complexity index is 650. The second-order valence-corrected chi connectivity index (χ2v) is 4.15. The number of hydrogen-bond acceptors (Lipinski definition) is 4. The first-order chi connectivity index (χ1) is 10.0. The van der Waals surface area contributed by atoms with Gasteiger partial charge in [0.2, 0.25) is 0 Å². The lowest BCUT2D eigenvalue weighted by molar-refractivity contribution is 0.413. The Morgan fingerprint density at radius 2 is 1.81 bits per heavy atom. The van der Waals surface area contributed by atoms with Crippen LogP contribution in [0.15, 0.2) is 24.3 Å². The average molecular weight is 297 g/mol. The van der Waals surface area contributed by atoms with Crippen LogP contribution in [-0.2, 0) is 0 Å². The van der Waals surface area contributed by atoms with Crippen molar-refractivity contribution in [3.8, 4) is 5.75 Å². The second-order valence-electron chi connectivity index (χ2n) is 4.15. The molecule has 0 saturated heterocycles. The van der Waals surface area contributed by atoms with Crippen LogP contribution in [0.1, 0.15) is 6.92 Å². The van der Waals surface area contributed by atoms with Crippen molar-refractivity contribution in [1.82, 2.24) is 4.98 Å². The maximum atomic E-state index is 13.8. The summed E-state index contributed by atoms with van der Waals surface area (Å²) in [5.41, 5.74) is 0.319. The Balaban J connectivity index is 2.37. The van der Waals surface area contributed by atoms with Crippen LogP contribution < -0.4 is 15.4 Å². The molecule has 0 aliphatic rings. The van der Waals surface area contributed by atoms with Gasteiger partial charge < -0.3 is 15.4 Å². The molecular weight excluding hydrogens is 283 g/mol. The van der Waals surface area contributed by atoms with Gasteiger partial charge in [-0.2, -0.15) is 0 Å². The number of ether oxygens (including phenoxy) is 1. The van der Waals surface area contributed by atoms with E-state index in [4.69, 9.17) is 4.74 Å². The minimum atomic E-state index is -0.861. The van der Waals surface area contributed by atoms with Gasteiger partial charge in [-0.15, -0.1) is 0 Å². The highest BCUT2D eigenvalue weighted by Crippen LogP contribution is 2.29. The van der Waals surface area contributed by atoms with E-state index in [2.05, 4.69) is 15.6 Å². The van der Waals surface area contributed by atoms with Gasteiger partial charge in [0.1, 0.15) is 11.6 Å². The molecule has 0 spiro atoms. The van der Waals surface area contributed by atoms with Crippen LogP contribution in [0, 0.1) is 17.5 Å². The highest BCUT2D eigenvalue weighted by Gasteiger charge is 2.13. The van der Waals surface area contributed by atoms with Crippen molar-refractivity contribution in [1.29, 1.82) is 0 Å². The summed E-state index contributed by atoms with van der Waals surface area (Å²) >= 11 is 0. The molecule has 1 heterocycles. The Kier molecular flexibility index (Phi) is 4.52. The third kappa shape index (κ3) is 3.36. The predicted molar refractivity (Wildman–Crippen MR) is 74.6 cm³/mol. The second kappa shape index (κ2) is 6.34. The molecule has 112 valence electrons. The van der Waals surface area contributed by atoms with E-state index in [0.29, 0.717) is 12.2 Å². The normalized spacial score (nSPS) is 10.3. The zero-order valence-corrected chi connectivity index (χ0v) is 11.5. The zero-order valence-electron chi connectivity index (χ0n) is 11.5. The van der Waals surface area contributed by atoms with Crippen LogP contribution in [0.5, 0.6) is 5.75 Å². The standard InChI is InChI=1S/C14H14F3N3O/c1-3-18-13-9(16)7-10(17)14(20-13)19-11-5-4-8(15)6-12(11)21-2/h4-7H,3H2,1-2H3,(H2,18,19,20). The van der Waals surface area contributed by atoms with Gasteiger partial charge in [-0.1, -0.05) is 0 Å². The number of anilines is 3. The first kappa shape index (κ1) is 15.0. The summed E-state index contributed by atoms with van der Waals surface area (Å²) in [4.78, 5) is 3.83. The van der Waals surface area contributed by atoms with Crippen LogP contribution in [0.2, 0.25) is 0 Å². The van der Waals surface area contributed by atoms with Crippen LogP contribution in [0.3, 0.4) is 0 Å². The van der Waals surface area contributed by atoms with E-state index in [1.807, 2.05) is 0 Å². The highest BCUT2D eigenvalue weighted by atomic mass is 19.1. The minimum absolute atomic E-state index is 0.0671. The maximum Gasteiger partial charge on any atom is 0.169 e. The van der Waals surface area contributed by atoms with Crippen molar-refractivity contribution in [3.05, 3.63) is 41.7 Å². The topological polar surface area (TPSA) is 46.2 Å². The van der Waals surface area contributed by atoms with Crippen molar-refractivity contribution in [2.75, 3.05) is 24.3 Å². The van der Waals surface area contributed by atoms with Crippen molar-refractivity contribution in [2.24, 2.45) is 0 Å². The van der Waals surface area contributed by atoms with E-state index in [1.54, 1.807) is 6.92 Å². The monoisotopic (exact) mass is 297 g/mol. The van der Waals surface area contributed by atoms with Gasteiger partial charge >= 0.3 is 0 Å². The van der Waals surface area contributed by atoms with E-state index in [1.165, 1.54) is 19.2 Å². The maximum absolute atomic E-state index is 13.8. The summed E-state index contributed by atoms with van der Waals surface area (Å²) in [6.45, 7) is 2.20. The molecule has 4 nitrogen and oxygen atoms in total. The van der Waals surface area contributed by atoms with Gasteiger partial charge in [-0.3, -0.25) is 0 Å². The predicted octanol–water partition coefficient (Wildman–Crippen LogP) is 3.68. The van der Waals surface area contributed by atoms with E-state index in [9.17, 15) is 13.2 Å². The first-order valence-electron chi connectivity index (χ1n) is 6.25. The fourth-order valence-electron chi connectivity index (χ4n) is 1.74. The first-order valence-corrected chi connectivity index (χ1v) is 6.25. The molecule has 2 aromatic rings. The summed E-state index contributed by atoms with van der Waals surface area (Å²) in [6, 6.07) is 4.45. The van der Waals surface area contributed by atoms with Gasteiger partial charge in [-0.25, -0.2) is 18.2 Å². The van der Waals surface area contributed by atoms with E-state index in [-0.39, 0.29) is 17.4 Å². The van der Waals surface area contributed by atoms with Gasteiger partial charge in [-0.05, 0) is 19.1 Å². The highest BCUT2D eigenvalue weighted by molar-refractivity contribution is 5.65. The minimum Gasteiger partial charge on any atom is -0.494 e. The molecule has 0 fully saturated rings. The Labute approximate surface area is 120 Å². The number of aromatic nitrogens is 1. The van der Waals surface area contributed by atoms with Crippen molar-refractivity contribution < 1.29 is 17.9 Å². The van der Waals surface area contributed by atoms with Crippen LogP contribution in [-0.4, -0.2) is 18.6 Å². The molecule has 0 saturated carbocycles. The Hall–Kier alpha value is -2.44. The average Bonchev–Trinajstić information content (AvgIpc) is 2.45. The lowest BCUT2D eigenvalue weighted by atomic mass is 10.2. The largest absolute Gasteiger partial charge is 0.494 e. The van der Waals surface area contributed by atoms with Crippen molar-refractivity contribution in [3.63, 3.8) is 0 Å². The van der Waals surface area contributed by atoms with Crippen LogP contribution in [0.4, 0.5) is 30.5 Å². The lowest BCUT2D eigenvalue weighted by Crippen LogP contribution is -2.07. The molecule has 0 aliphatic heterocycles. The number of nitrogens with one attached hydrogen (secondary N) is 2. The summed E-state index contributed by atoms with van der Waals surface area (Å²) < 4.78 is 45.4. The number of rotatable bonds is 5. The Morgan fingerprint density at radius 1 is 1.10 bits per heavy atom. The molecule has 1 aromatic carbocycles. The number of nitrogens with zero attached hydrogens (tertiary/aromatic N) is 1. The van der Waals surface area contributed by atoms with Gasteiger partial charge in [0.25, 0.3) is 0 Å². The lowest BCUT2D eigenvalue weighted by Gasteiger charge is -2.13. The van der Waals surface area contributed by atoms with Gasteiger partial charge in [0.05, 0.1) is 12.8 Å². The molecule has 2 rings (SSSR count). The molecule has 0 unspecified atom stereocenters. The van der Waals surface area contributed by atoms with Crippen LogP contribution >= 0.6 is 0 Å². The third-order valence-electron chi connectivity index (χ3n) is 2.69. The molecule has 0 aliphatic carbocycles. The molecule has 1 aromatic heterocycles. The molecule has 0 bridgehead atoms. The number of hydrogen-bond donors (Lipinski definition) is 2. The third-order valence-corrected chi connectivity index (χ3v) is 2.69. The van der Waals surface area contributed by atoms with Gasteiger partial charge in [0, 0.05) is 18.7 Å². The molecule has 0 amide bonds. The quantitative estimate of drug-likeness (QED) is 0.883. The van der Waals surface area contributed by atoms with E-state index >= 15 is 0 Å². The number of halogens is 3. The smallest absolute Gasteiger partial charge is 0.169 e. The van der Waals surface area contributed by atoms with Crippen LogP contribution in [0.25, 0.3) is 0 Å².